The van der Waals surface area contributed by atoms with Crippen LogP contribution >= 0.6 is 0 Å². The zero-order valence-electron chi connectivity index (χ0n) is 17.7. The van der Waals surface area contributed by atoms with E-state index in [4.69, 9.17) is 0 Å². The second-order valence-electron chi connectivity index (χ2n) is 8.02. The number of hydrogen-bond donors (Lipinski definition) is 0. The molecule has 0 aliphatic heterocycles. The Hall–Kier alpha value is -3.90. The Morgan fingerprint density at radius 2 is 0.405 bits per heavy atom. The third kappa shape index (κ3) is 4.11. The summed E-state index contributed by atoms with van der Waals surface area (Å²) in [6.07, 6.45) is -4.58. The van der Waals surface area contributed by atoms with E-state index in [0.717, 1.165) is 0 Å². The summed E-state index contributed by atoms with van der Waals surface area (Å²) in [5.41, 5.74) is -5.67. The van der Waals surface area contributed by atoms with E-state index in [1.807, 2.05) is 0 Å². The van der Waals surface area contributed by atoms with Crippen LogP contribution in [0.3, 0.4) is 0 Å². The zero-order valence-corrected chi connectivity index (χ0v) is 17.7. The normalized spacial score (nSPS) is 11.8. The summed E-state index contributed by atoms with van der Waals surface area (Å²) in [6, 6.07) is -0.939. The molecule has 0 unspecified atom stereocenters. The van der Waals surface area contributed by atoms with Gasteiger partial charge < -0.3 is 0 Å². The summed E-state index contributed by atoms with van der Waals surface area (Å²) in [4.78, 5) is 0. The van der Waals surface area contributed by atoms with Crippen LogP contribution in [0.2, 0.25) is 0 Å². The molecule has 192 valence electrons. The minimum Gasteiger partial charge on any atom is -0.210 e. The minimum atomic E-state index is -4.58. The van der Waals surface area contributed by atoms with Crippen molar-refractivity contribution in [3.05, 3.63) is 118 Å². The van der Waals surface area contributed by atoms with Crippen LogP contribution < -0.4 is 21.9 Å². The molecule has 4 rings (SSSR count). The van der Waals surface area contributed by atoms with Gasteiger partial charge in [0.1, 0.15) is 6.15 Å². The third-order valence-corrected chi connectivity index (χ3v) is 6.02. The number of hydrogen-bond acceptors (Lipinski definition) is 0. The van der Waals surface area contributed by atoms with E-state index in [0.29, 0.717) is 0 Å². The van der Waals surface area contributed by atoms with Crippen molar-refractivity contribution < 1.29 is 52.7 Å². The summed E-state index contributed by atoms with van der Waals surface area (Å²) < 4.78 is 174. The van der Waals surface area contributed by atoms with Gasteiger partial charge >= 0.3 is 0 Å². The maximum atomic E-state index is 15.3. The highest BCUT2D eigenvalue weighted by Gasteiger charge is 2.41. The quantitative estimate of drug-likeness (QED) is 0.202. The van der Waals surface area contributed by atoms with Crippen LogP contribution in [0.5, 0.6) is 0 Å². The summed E-state index contributed by atoms with van der Waals surface area (Å²) in [7, 11) is 0. The van der Waals surface area contributed by atoms with E-state index in [1.54, 1.807) is 0 Å². The molecule has 0 saturated heterocycles. The van der Waals surface area contributed by atoms with Crippen LogP contribution in [0.25, 0.3) is 0 Å². The van der Waals surface area contributed by atoms with Gasteiger partial charge in [0, 0.05) is 24.3 Å². The third-order valence-electron chi connectivity index (χ3n) is 6.02. The molecule has 0 bridgehead atoms. The number of halogens is 12. The van der Waals surface area contributed by atoms with Crippen molar-refractivity contribution >= 4 is 28.0 Å². The Balaban J connectivity index is 2.39. The molecule has 0 heterocycles. The van der Waals surface area contributed by atoms with Gasteiger partial charge in [0.25, 0.3) is 0 Å². The molecule has 13 heteroatoms. The van der Waals surface area contributed by atoms with Crippen molar-refractivity contribution in [1.29, 1.82) is 0 Å². The molecule has 0 fully saturated rings. The first-order valence-electron chi connectivity index (χ1n) is 10.0. The molecule has 4 aromatic carbocycles. The summed E-state index contributed by atoms with van der Waals surface area (Å²) >= 11 is 0. The molecule has 0 N–H and O–H groups in total. The van der Waals surface area contributed by atoms with E-state index < -0.39 is 97.8 Å². The van der Waals surface area contributed by atoms with Gasteiger partial charge in [-0.2, -0.15) is 21.9 Å². The van der Waals surface area contributed by atoms with Crippen molar-refractivity contribution in [3.63, 3.8) is 0 Å². The molecule has 0 nitrogen and oxygen atoms in total. The van der Waals surface area contributed by atoms with Crippen molar-refractivity contribution in [2.75, 3.05) is 0 Å². The number of rotatable bonds is 4. The van der Waals surface area contributed by atoms with Crippen molar-refractivity contribution in [3.8, 4) is 0 Å². The van der Waals surface area contributed by atoms with Crippen LogP contribution in [0.15, 0.2) is 48.5 Å². The SMILES string of the molecule is Fc1cc(F)c([B-](c2cc(F)c(F)cc2F)(c2cc(F)c(F)cc2F)c2cc(F)c(F)cc2F)cc1F. The Morgan fingerprint density at radius 1 is 0.243 bits per heavy atom. The highest BCUT2D eigenvalue weighted by atomic mass is 19.2. The molecule has 0 saturated carbocycles. The van der Waals surface area contributed by atoms with Crippen LogP contribution in [0, 0.1) is 69.8 Å². The zero-order chi connectivity index (χ0) is 27.4. The van der Waals surface area contributed by atoms with Gasteiger partial charge in [0.05, 0.1) is 23.3 Å². The molecule has 0 aliphatic carbocycles. The van der Waals surface area contributed by atoms with Crippen molar-refractivity contribution in [1.82, 2.24) is 0 Å². The molecule has 0 aromatic heterocycles. The Morgan fingerprint density at radius 3 is 0.595 bits per heavy atom. The van der Waals surface area contributed by atoms with Gasteiger partial charge in [-0.3, -0.25) is 0 Å². The molecule has 0 spiro atoms. The fourth-order valence-electron chi connectivity index (χ4n) is 4.48. The predicted octanol–water partition coefficient (Wildman–Crippen LogP) is 4.73. The van der Waals surface area contributed by atoms with Crippen LogP contribution in [-0.4, -0.2) is 6.15 Å². The predicted molar refractivity (Wildman–Crippen MR) is 110 cm³/mol. The average Bonchev–Trinajstić information content (AvgIpc) is 2.81. The summed E-state index contributed by atoms with van der Waals surface area (Å²) in [5, 5.41) is 0. The lowest BCUT2D eigenvalue weighted by molar-refractivity contribution is 0.494. The minimum absolute atomic E-state index is 0.0627. The monoisotopic (exact) mass is 535 g/mol. The topological polar surface area (TPSA) is 0 Å². The van der Waals surface area contributed by atoms with Crippen molar-refractivity contribution in [2.24, 2.45) is 0 Å². The van der Waals surface area contributed by atoms with Crippen LogP contribution in [0.1, 0.15) is 0 Å². The van der Waals surface area contributed by atoms with Gasteiger partial charge in [0.15, 0.2) is 46.5 Å². The Kier molecular flexibility index (Phi) is 6.51. The highest BCUT2D eigenvalue weighted by Crippen LogP contribution is 2.22. The standard InChI is InChI=1S/C24H8BF12/c26-13-5-21(34)17(30)1-9(13)25(10-2-18(31)22(35)6-14(10)27,11-3-19(32)23(36)7-15(11)28)12-4-20(33)24(37)8-16(12)29/h1-8H/q-1. The highest BCUT2D eigenvalue weighted by molar-refractivity contribution is 7.20. The second kappa shape index (κ2) is 9.20. The van der Waals surface area contributed by atoms with E-state index in [1.165, 1.54) is 0 Å². The molecule has 0 aliphatic rings. The molecule has 0 atom stereocenters. The van der Waals surface area contributed by atoms with E-state index in [9.17, 15) is 35.1 Å². The van der Waals surface area contributed by atoms with Gasteiger partial charge in [-0.1, -0.05) is 24.3 Å². The molecule has 4 aromatic rings. The van der Waals surface area contributed by atoms with E-state index in [-0.39, 0.29) is 48.5 Å². The van der Waals surface area contributed by atoms with E-state index >= 15 is 17.6 Å². The summed E-state index contributed by atoms with van der Waals surface area (Å²) in [6.45, 7) is 0. The average molecular weight is 535 g/mol. The molecular weight excluding hydrogens is 527 g/mol. The van der Waals surface area contributed by atoms with Gasteiger partial charge in [-0.15, -0.1) is 0 Å². The fourth-order valence-corrected chi connectivity index (χ4v) is 4.48. The number of benzene rings is 4. The maximum absolute atomic E-state index is 15.3. The smallest absolute Gasteiger partial charge is 0.161 e. The molecule has 0 amide bonds. The second-order valence-corrected chi connectivity index (χ2v) is 8.02. The summed E-state index contributed by atoms with van der Waals surface area (Å²) in [5.74, 6) is -22.7. The molecule has 37 heavy (non-hydrogen) atoms. The van der Waals surface area contributed by atoms with Crippen molar-refractivity contribution in [2.45, 2.75) is 0 Å². The molecule has 0 radical (unpaired) electrons. The van der Waals surface area contributed by atoms with Gasteiger partial charge in [0.2, 0.25) is 0 Å². The maximum Gasteiger partial charge on any atom is 0.161 e. The Bertz CT molecular complexity index is 1330. The van der Waals surface area contributed by atoms with Gasteiger partial charge in [-0.25, -0.2) is 52.7 Å². The first kappa shape index (κ1) is 26.2. The van der Waals surface area contributed by atoms with E-state index in [2.05, 4.69) is 0 Å². The lowest BCUT2D eigenvalue weighted by Gasteiger charge is -2.44. The lowest BCUT2D eigenvalue weighted by atomic mass is 9.12. The van der Waals surface area contributed by atoms with Gasteiger partial charge in [-0.05, 0) is 0 Å². The largest absolute Gasteiger partial charge is 0.210 e. The lowest BCUT2D eigenvalue weighted by Crippen LogP contribution is -2.77. The fraction of sp³-hybridized carbons (Fsp3) is 0. The Labute approximate surface area is 199 Å². The van der Waals surface area contributed by atoms with Crippen LogP contribution in [-0.2, 0) is 0 Å². The first-order valence-corrected chi connectivity index (χ1v) is 10.0. The van der Waals surface area contributed by atoms with Crippen LogP contribution in [0.4, 0.5) is 52.7 Å². The first-order chi connectivity index (χ1) is 17.3. The molecular formula is C24H8BF12-.